The second-order valence-electron chi connectivity index (χ2n) is 3.59. The molecule has 0 saturated heterocycles. The largest absolute Gasteiger partial charge is 0.486 e. The average Bonchev–Trinajstić information content (AvgIpc) is 2.70. The number of hydrogen-bond acceptors (Lipinski definition) is 4. The lowest BCUT2D eigenvalue weighted by Crippen LogP contribution is -2.05. The molecule has 0 bridgehead atoms. The van der Waals surface area contributed by atoms with Gasteiger partial charge in [0.05, 0.1) is 5.56 Å². The molecule has 2 rings (SSSR count). The first-order valence-corrected chi connectivity index (χ1v) is 5.15. The van der Waals surface area contributed by atoms with Crippen LogP contribution in [0.5, 0.6) is 5.75 Å². The standard InChI is InChI=1S/C12H10FNO4/c1-7-8(11(12(15)16)14-18-7)6-17-10-5-3-2-4-9(10)13/h2-5H,6H2,1H3,(H,15,16). The van der Waals surface area contributed by atoms with Crippen molar-refractivity contribution in [3.8, 4) is 5.75 Å². The minimum Gasteiger partial charge on any atom is -0.486 e. The van der Waals surface area contributed by atoms with E-state index >= 15 is 0 Å². The third-order valence-corrected chi connectivity index (χ3v) is 2.40. The van der Waals surface area contributed by atoms with E-state index in [2.05, 4.69) is 5.16 Å². The van der Waals surface area contributed by atoms with Crippen LogP contribution in [-0.4, -0.2) is 16.2 Å². The van der Waals surface area contributed by atoms with Crippen molar-refractivity contribution in [2.75, 3.05) is 0 Å². The first-order valence-electron chi connectivity index (χ1n) is 5.15. The van der Waals surface area contributed by atoms with Crippen molar-refractivity contribution in [1.29, 1.82) is 0 Å². The molecule has 0 fully saturated rings. The number of aryl methyl sites for hydroxylation is 1. The van der Waals surface area contributed by atoms with Gasteiger partial charge in [-0.05, 0) is 19.1 Å². The lowest BCUT2D eigenvalue weighted by molar-refractivity contribution is 0.0683. The summed E-state index contributed by atoms with van der Waals surface area (Å²) in [6.07, 6.45) is 0. The number of para-hydroxylation sites is 1. The highest BCUT2D eigenvalue weighted by Crippen LogP contribution is 2.20. The van der Waals surface area contributed by atoms with Crippen molar-refractivity contribution in [3.63, 3.8) is 0 Å². The van der Waals surface area contributed by atoms with Gasteiger partial charge < -0.3 is 14.4 Å². The smallest absolute Gasteiger partial charge is 0.358 e. The van der Waals surface area contributed by atoms with Crippen LogP contribution in [0.4, 0.5) is 4.39 Å². The van der Waals surface area contributed by atoms with Crippen molar-refractivity contribution in [1.82, 2.24) is 5.16 Å². The number of halogens is 1. The summed E-state index contributed by atoms with van der Waals surface area (Å²) in [6.45, 7) is 1.46. The van der Waals surface area contributed by atoms with Gasteiger partial charge in [0.1, 0.15) is 12.4 Å². The van der Waals surface area contributed by atoms with Crippen LogP contribution in [0.3, 0.4) is 0 Å². The zero-order chi connectivity index (χ0) is 13.1. The zero-order valence-corrected chi connectivity index (χ0v) is 9.51. The van der Waals surface area contributed by atoms with Crippen LogP contribution in [0.1, 0.15) is 21.8 Å². The molecule has 6 heteroatoms. The molecule has 1 aromatic carbocycles. The highest BCUT2D eigenvalue weighted by atomic mass is 19.1. The molecule has 0 unspecified atom stereocenters. The lowest BCUT2D eigenvalue weighted by Gasteiger charge is -2.06. The van der Waals surface area contributed by atoms with E-state index < -0.39 is 11.8 Å². The van der Waals surface area contributed by atoms with Crippen LogP contribution in [0, 0.1) is 12.7 Å². The Hall–Kier alpha value is -2.37. The van der Waals surface area contributed by atoms with Gasteiger partial charge in [0.2, 0.25) is 0 Å². The maximum atomic E-state index is 13.3. The van der Waals surface area contributed by atoms with Crippen LogP contribution in [0.25, 0.3) is 0 Å². The number of carbonyl (C=O) groups is 1. The molecule has 0 radical (unpaired) electrons. The molecular formula is C12H10FNO4. The van der Waals surface area contributed by atoms with Crippen molar-refractivity contribution >= 4 is 5.97 Å². The van der Waals surface area contributed by atoms with Gasteiger partial charge in [-0.15, -0.1) is 0 Å². The molecule has 0 amide bonds. The second kappa shape index (κ2) is 4.87. The number of rotatable bonds is 4. The first kappa shape index (κ1) is 12.1. The van der Waals surface area contributed by atoms with Crippen molar-refractivity contribution in [2.45, 2.75) is 13.5 Å². The Morgan fingerprint density at radius 2 is 2.22 bits per heavy atom. The van der Waals surface area contributed by atoms with Crippen LogP contribution in [0.15, 0.2) is 28.8 Å². The molecule has 0 saturated carbocycles. The summed E-state index contributed by atoms with van der Waals surface area (Å²) in [5.74, 6) is -1.33. The Bertz CT molecular complexity index is 579. The van der Waals surface area contributed by atoms with Crippen LogP contribution in [-0.2, 0) is 6.61 Å². The average molecular weight is 251 g/mol. The minimum atomic E-state index is -1.21. The van der Waals surface area contributed by atoms with Gasteiger partial charge in [0.25, 0.3) is 0 Å². The molecule has 1 aromatic heterocycles. The van der Waals surface area contributed by atoms with E-state index in [-0.39, 0.29) is 18.1 Å². The summed E-state index contributed by atoms with van der Waals surface area (Å²) >= 11 is 0. The van der Waals surface area contributed by atoms with E-state index in [1.54, 1.807) is 13.0 Å². The quantitative estimate of drug-likeness (QED) is 0.903. The van der Waals surface area contributed by atoms with Crippen molar-refractivity contribution in [3.05, 3.63) is 47.1 Å². The fourth-order valence-corrected chi connectivity index (χ4v) is 1.44. The van der Waals surface area contributed by atoms with Gasteiger partial charge in [0, 0.05) is 0 Å². The van der Waals surface area contributed by atoms with E-state index in [1.807, 2.05) is 0 Å². The van der Waals surface area contributed by atoms with Crippen molar-refractivity contribution in [2.24, 2.45) is 0 Å². The second-order valence-corrected chi connectivity index (χ2v) is 3.59. The third kappa shape index (κ3) is 2.32. The van der Waals surface area contributed by atoms with E-state index in [4.69, 9.17) is 14.4 Å². The van der Waals surface area contributed by atoms with E-state index in [1.165, 1.54) is 18.2 Å². The summed E-state index contributed by atoms with van der Waals surface area (Å²) in [7, 11) is 0. The number of carboxylic acid groups (broad SMARTS) is 1. The zero-order valence-electron chi connectivity index (χ0n) is 9.51. The number of aromatic carboxylic acids is 1. The molecule has 0 aliphatic carbocycles. The van der Waals surface area contributed by atoms with Gasteiger partial charge in [-0.3, -0.25) is 0 Å². The first-order chi connectivity index (χ1) is 8.59. The maximum absolute atomic E-state index is 13.3. The van der Waals surface area contributed by atoms with Crippen LogP contribution in [0.2, 0.25) is 0 Å². The van der Waals surface area contributed by atoms with Gasteiger partial charge in [-0.25, -0.2) is 9.18 Å². The molecule has 1 heterocycles. The molecule has 0 aliphatic heterocycles. The number of aromatic nitrogens is 1. The SMILES string of the molecule is Cc1onc(C(=O)O)c1COc1ccccc1F. The highest BCUT2D eigenvalue weighted by molar-refractivity contribution is 5.87. The van der Waals surface area contributed by atoms with Gasteiger partial charge in [-0.1, -0.05) is 17.3 Å². The lowest BCUT2D eigenvalue weighted by atomic mass is 10.2. The van der Waals surface area contributed by atoms with Gasteiger partial charge >= 0.3 is 5.97 Å². The minimum absolute atomic E-state index is 0.0504. The highest BCUT2D eigenvalue weighted by Gasteiger charge is 2.19. The Morgan fingerprint density at radius 3 is 2.89 bits per heavy atom. The predicted molar refractivity (Wildman–Crippen MR) is 58.9 cm³/mol. The van der Waals surface area contributed by atoms with Gasteiger partial charge in [-0.2, -0.15) is 0 Å². The fraction of sp³-hybridized carbons (Fsp3) is 0.167. The molecule has 0 atom stereocenters. The Morgan fingerprint density at radius 1 is 1.50 bits per heavy atom. The molecule has 0 aliphatic rings. The van der Waals surface area contributed by atoms with Crippen LogP contribution >= 0.6 is 0 Å². The van der Waals surface area contributed by atoms with E-state index in [0.717, 1.165) is 0 Å². The number of benzene rings is 1. The molecular weight excluding hydrogens is 241 g/mol. The molecule has 94 valence electrons. The number of hydrogen-bond donors (Lipinski definition) is 1. The van der Waals surface area contributed by atoms with E-state index in [9.17, 15) is 9.18 Å². The number of carboxylic acids is 1. The molecule has 2 aromatic rings. The summed E-state index contributed by atoms with van der Waals surface area (Å²) in [5.41, 5.74) is 0.0783. The van der Waals surface area contributed by atoms with Gasteiger partial charge in [0.15, 0.2) is 17.3 Å². The molecule has 5 nitrogen and oxygen atoms in total. The predicted octanol–water partition coefficient (Wildman–Crippen LogP) is 2.40. The molecule has 1 N–H and O–H groups in total. The number of nitrogens with zero attached hydrogens (tertiary/aromatic N) is 1. The normalized spacial score (nSPS) is 10.3. The molecule has 18 heavy (non-hydrogen) atoms. The summed E-state index contributed by atoms with van der Waals surface area (Å²) in [5, 5.41) is 12.3. The summed E-state index contributed by atoms with van der Waals surface area (Å²) in [6, 6.07) is 5.87. The Labute approximate surface area is 102 Å². The Kier molecular flexibility index (Phi) is 3.27. The monoisotopic (exact) mass is 251 g/mol. The third-order valence-electron chi connectivity index (χ3n) is 2.40. The van der Waals surface area contributed by atoms with Crippen LogP contribution < -0.4 is 4.74 Å². The maximum Gasteiger partial charge on any atom is 0.358 e. The summed E-state index contributed by atoms with van der Waals surface area (Å²) < 4.78 is 23.3. The number of ether oxygens (including phenoxy) is 1. The van der Waals surface area contributed by atoms with Crippen molar-refractivity contribution < 1.29 is 23.6 Å². The van der Waals surface area contributed by atoms with E-state index in [0.29, 0.717) is 11.3 Å². The topological polar surface area (TPSA) is 72.6 Å². The Balaban J connectivity index is 2.18. The molecule has 0 spiro atoms. The fourth-order valence-electron chi connectivity index (χ4n) is 1.44. The summed E-state index contributed by atoms with van der Waals surface area (Å²) in [4.78, 5) is 10.9.